The van der Waals surface area contributed by atoms with Gasteiger partial charge >= 0.3 is 0 Å². The summed E-state index contributed by atoms with van der Waals surface area (Å²) in [7, 11) is -7.47. The van der Waals surface area contributed by atoms with Crippen molar-refractivity contribution < 1.29 is 26.4 Å². The van der Waals surface area contributed by atoms with Crippen LogP contribution in [0.2, 0.25) is 0 Å². The van der Waals surface area contributed by atoms with Crippen LogP contribution in [-0.4, -0.2) is 34.6 Å². The Kier molecular flexibility index (Phi) is 7.47. The van der Waals surface area contributed by atoms with Gasteiger partial charge in [-0.25, -0.2) is 21.6 Å². The van der Waals surface area contributed by atoms with Gasteiger partial charge in [0.1, 0.15) is 5.75 Å². The van der Waals surface area contributed by atoms with Crippen LogP contribution in [0.4, 0.5) is 0 Å². The first kappa shape index (κ1) is 23.4. The molecule has 0 heterocycles. The van der Waals surface area contributed by atoms with E-state index in [0.717, 1.165) is 0 Å². The van der Waals surface area contributed by atoms with E-state index in [-0.39, 0.29) is 16.2 Å². The fraction of sp³-hybridized carbons (Fsp3) is 0.316. The summed E-state index contributed by atoms with van der Waals surface area (Å²) in [6.45, 7) is 5.41. The topological polar surface area (TPSA) is 107 Å². The summed E-state index contributed by atoms with van der Waals surface area (Å²) in [6, 6.07) is 10.0. The number of carbonyl (C=O) groups is 1. The molecule has 2 aromatic rings. The average Bonchev–Trinajstić information content (AvgIpc) is 2.63. The van der Waals surface area contributed by atoms with E-state index >= 15 is 0 Å². The Bertz CT molecular complexity index is 1090. The molecule has 1 N–H and O–H groups in total. The SMILES string of the molecule is CCOc1ccc(S(=O)(=O)NC(=O)Cc2ccc(S(=O)(=O)C(C)C)cc2)cc1Br. The van der Waals surface area contributed by atoms with Crippen LogP contribution < -0.4 is 9.46 Å². The van der Waals surface area contributed by atoms with Crippen LogP contribution in [0.3, 0.4) is 0 Å². The second-order valence-corrected chi connectivity index (χ2v) is 11.5. The van der Waals surface area contributed by atoms with Crippen molar-refractivity contribution in [3.05, 3.63) is 52.5 Å². The van der Waals surface area contributed by atoms with Crippen LogP contribution >= 0.6 is 15.9 Å². The van der Waals surface area contributed by atoms with E-state index in [0.29, 0.717) is 22.4 Å². The molecule has 0 saturated heterocycles. The van der Waals surface area contributed by atoms with Crippen LogP contribution in [-0.2, 0) is 31.1 Å². The van der Waals surface area contributed by atoms with Gasteiger partial charge in [0.2, 0.25) is 5.91 Å². The monoisotopic (exact) mass is 503 g/mol. The lowest BCUT2D eigenvalue weighted by Crippen LogP contribution is -2.31. The van der Waals surface area contributed by atoms with Gasteiger partial charge in [0.05, 0.1) is 32.5 Å². The third-order valence-corrected chi connectivity index (χ3v) is 8.16. The van der Waals surface area contributed by atoms with Crippen molar-refractivity contribution in [2.24, 2.45) is 0 Å². The number of benzene rings is 2. The van der Waals surface area contributed by atoms with Crippen molar-refractivity contribution in [3.8, 4) is 5.75 Å². The summed E-state index contributed by atoms with van der Waals surface area (Å²) in [5.74, 6) is -0.233. The third-order valence-electron chi connectivity index (χ3n) is 4.00. The first-order valence-corrected chi connectivity index (χ1v) is 12.6. The van der Waals surface area contributed by atoms with Gasteiger partial charge in [-0.1, -0.05) is 12.1 Å². The molecule has 158 valence electrons. The highest BCUT2D eigenvalue weighted by Crippen LogP contribution is 2.27. The number of sulfone groups is 1. The second kappa shape index (κ2) is 9.27. The molecule has 0 aliphatic rings. The van der Waals surface area contributed by atoms with Crippen LogP contribution in [0.5, 0.6) is 5.75 Å². The molecule has 2 rings (SSSR count). The van der Waals surface area contributed by atoms with E-state index in [2.05, 4.69) is 15.9 Å². The molecule has 0 radical (unpaired) electrons. The molecule has 0 aliphatic heterocycles. The van der Waals surface area contributed by atoms with Gasteiger partial charge in [0.25, 0.3) is 10.0 Å². The minimum atomic E-state index is -4.06. The predicted octanol–water partition coefficient (Wildman–Crippen LogP) is 3.08. The first-order valence-electron chi connectivity index (χ1n) is 8.78. The van der Waals surface area contributed by atoms with Gasteiger partial charge in [-0.15, -0.1) is 0 Å². The van der Waals surface area contributed by atoms with Crippen LogP contribution in [0.15, 0.2) is 56.7 Å². The quantitative estimate of drug-likeness (QED) is 0.592. The maximum atomic E-state index is 12.4. The molecule has 0 spiro atoms. The molecule has 0 aromatic heterocycles. The van der Waals surface area contributed by atoms with Gasteiger partial charge in [0.15, 0.2) is 9.84 Å². The lowest BCUT2D eigenvalue weighted by molar-refractivity contribution is -0.118. The fourth-order valence-corrected chi connectivity index (χ4v) is 5.14. The average molecular weight is 504 g/mol. The van der Waals surface area contributed by atoms with Crippen molar-refractivity contribution in [2.45, 2.75) is 42.2 Å². The lowest BCUT2D eigenvalue weighted by Gasteiger charge is -2.11. The first-order chi connectivity index (χ1) is 13.5. The van der Waals surface area contributed by atoms with Gasteiger partial charge < -0.3 is 4.74 Å². The normalized spacial score (nSPS) is 12.0. The van der Waals surface area contributed by atoms with Crippen LogP contribution in [0.25, 0.3) is 0 Å². The standard InChI is InChI=1S/C19H22BrNO6S2/c1-4-27-18-10-9-16(12-17(18)20)29(25,26)21-19(22)11-14-5-7-15(8-6-14)28(23,24)13(2)3/h5-10,12-13H,4,11H2,1-3H3,(H,21,22). The molecular weight excluding hydrogens is 482 g/mol. The van der Waals surface area contributed by atoms with E-state index in [9.17, 15) is 21.6 Å². The summed E-state index contributed by atoms with van der Waals surface area (Å²) < 4.78 is 57.0. The number of halogens is 1. The van der Waals surface area contributed by atoms with Crippen molar-refractivity contribution in [1.29, 1.82) is 0 Å². The van der Waals surface area contributed by atoms with Gasteiger partial charge in [0, 0.05) is 0 Å². The minimum Gasteiger partial charge on any atom is -0.493 e. The number of amides is 1. The molecule has 1 amide bonds. The molecular formula is C19H22BrNO6S2. The maximum Gasteiger partial charge on any atom is 0.264 e. The number of hydrogen-bond acceptors (Lipinski definition) is 6. The summed E-state index contributed by atoms with van der Waals surface area (Å²) in [4.78, 5) is 12.3. The van der Waals surface area contributed by atoms with E-state index in [4.69, 9.17) is 4.74 Å². The van der Waals surface area contributed by atoms with Gasteiger partial charge in [-0.2, -0.15) is 0 Å². The zero-order chi connectivity index (χ0) is 21.8. The maximum absolute atomic E-state index is 12.4. The summed E-state index contributed by atoms with van der Waals surface area (Å²) in [5.41, 5.74) is 0.494. The molecule has 7 nitrogen and oxygen atoms in total. The predicted molar refractivity (Wildman–Crippen MR) is 113 cm³/mol. The summed E-state index contributed by atoms with van der Waals surface area (Å²) in [5, 5.41) is -0.560. The van der Waals surface area contributed by atoms with Crippen molar-refractivity contribution in [3.63, 3.8) is 0 Å². The molecule has 0 atom stereocenters. The number of ether oxygens (including phenoxy) is 1. The van der Waals surface area contributed by atoms with E-state index in [1.165, 1.54) is 42.5 Å². The number of carbonyl (C=O) groups excluding carboxylic acids is 1. The Balaban J connectivity index is 2.11. The Morgan fingerprint density at radius 2 is 1.62 bits per heavy atom. The molecule has 0 saturated carbocycles. The Labute approximate surface area is 179 Å². The smallest absolute Gasteiger partial charge is 0.264 e. The highest BCUT2D eigenvalue weighted by Gasteiger charge is 2.21. The number of nitrogens with one attached hydrogen (secondary N) is 1. The third kappa shape index (κ3) is 5.80. The van der Waals surface area contributed by atoms with Crippen LogP contribution in [0.1, 0.15) is 26.3 Å². The largest absolute Gasteiger partial charge is 0.493 e. The number of rotatable bonds is 8. The molecule has 0 fully saturated rings. The zero-order valence-corrected chi connectivity index (χ0v) is 19.4. The Morgan fingerprint density at radius 1 is 1.03 bits per heavy atom. The number of hydrogen-bond donors (Lipinski definition) is 1. The molecule has 0 aliphatic carbocycles. The van der Waals surface area contributed by atoms with Crippen molar-refractivity contribution in [1.82, 2.24) is 4.72 Å². The second-order valence-electron chi connectivity index (χ2n) is 6.47. The van der Waals surface area contributed by atoms with E-state index < -0.39 is 31.0 Å². The summed E-state index contributed by atoms with van der Waals surface area (Å²) in [6.07, 6.45) is -0.209. The molecule has 0 unspecified atom stereocenters. The molecule has 2 aromatic carbocycles. The molecule has 10 heteroatoms. The van der Waals surface area contributed by atoms with Crippen molar-refractivity contribution >= 4 is 41.7 Å². The lowest BCUT2D eigenvalue weighted by atomic mass is 10.1. The van der Waals surface area contributed by atoms with Crippen LogP contribution in [0, 0.1) is 0 Å². The highest BCUT2D eigenvalue weighted by molar-refractivity contribution is 9.10. The summed E-state index contributed by atoms with van der Waals surface area (Å²) >= 11 is 3.24. The Hall–Kier alpha value is -1.91. The molecule has 0 bridgehead atoms. The fourth-order valence-electron chi connectivity index (χ4n) is 2.42. The van der Waals surface area contributed by atoms with Gasteiger partial charge in [-0.05, 0) is 72.6 Å². The highest BCUT2D eigenvalue weighted by atomic mass is 79.9. The zero-order valence-electron chi connectivity index (χ0n) is 16.2. The minimum absolute atomic E-state index is 0.0837. The van der Waals surface area contributed by atoms with E-state index in [1.807, 2.05) is 11.6 Å². The van der Waals surface area contributed by atoms with Crippen molar-refractivity contribution in [2.75, 3.05) is 6.61 Å². The van der Waals surface area contributed by atoms with Gasteiger partial charge in [-0.3, -0.25) is 4.79 Å². The molecule has 29 heavy (non-hydrogen) atoms. The Morgan fingerprint density at radius 3 is 2.14 bits per heavy atom. The number of sulfonamides is 1. The van der Waals surface area contributed by atoms with E-state index in [1.54, 1.807) is 13.8 Å².